The van der Waals surface area contributed by atoms with Gasteiger partial charge in [0.15, 0.2) is 0 Å². The van der Waals surface area contributed by atoms with Crippen molar-refractivity contribution in [1.82, 2.24) is 14.8 Å². The van der Waals surface area contributed by atoms with E-state index in [4.69, 9.17) is 11.6 Å². The molecule has 5 heteroatoms. The molecule has 0 spiro atoms. The van der Waals surface area contributed by atoms with Crippen LogP contribution in [0.25, 0.3) is 0 Å². The first kappa shape index (κ1) is 17.9. The fourth-order valence-electron chi connectivity index (χ4n) is 2.13. The maximum atomic E-state index is 5.78. The molecule has 0 aliphatic heterocycles. The molecule has 0 saturated carbocycles. The number of likely N-dealkylation sites (N-methyl/N-ethyl adjacent to an activating group) is 1. The summed E-state index contributed by atoms with van der Waals surface area (Å²) in [6, 6.07) is 0. The molecule has 1 aromatic rings. The van der Waals surface area contributed by atoms with Crippen LogP contribution in [-0.4, -0.2) is 55.1 Å². The predicted molar refractivity (Wildman–Crippen MR) is 89.8 cm³/mol. The molecular weight excluding hydrogens is 290 g/mol. The molecular formula is C15H28ClN3S. The lowest BCUT2D eigenvalue weighted by Crippen LogP contribution is -2.35. The van der Waals surface area contributed by atoms with Crippen LogP contribution >= 0.6 is 22.9 Å². The van der Waals surface area contributed by atoms with Gasteiger partial charge in [0.05, 0.1) is 16.6 Å². The van der Waals surface area contributed by atoms with E-state index < -0.39 is 0 Å². The van der Waals surface area contributed by atoms with E-state index in [1.807, 2.05) is 0 Å². The van der Waals surface area contributed by atoms with E-state index in [0.29, 0.717) is 5.88 Å². The fraction of sp³-hybridized carbons (Fsp3) is 0.800. The Labute approximate surface area is 132 Å². The van der Waals surface area contributed by atoms with Crippen molar-refractivity contribution in [2.24, 2.45) is 5.92 Å². The van der Waals surface area contributed by atoms with Gasteiger partial charge < -0.3 is 9.80 Å². The van der Waals surface area contributed by atoms with Crippen LogP contribution < -0.4 is 0 Å². The van der Waals surface area contributed by atoms with E-state index in [9.17, 15) is 0 Å². The molecule has 1 rings (SSSR count). The second kappa shape index (κ2) is 9.72. The minimum atomic E-state index is 0.527. The van der Waals surface area contributed by atoms with Crippen LogP contribution in [0.3, 0.4) is 0 Å². The summed E-state index contributed by atoms with van der Waals surface area (Å²) in [4.78, 5) is 9.34. The molecule has 0 unspecified atom stereocenters. The number of rotatable bonds is 10. The summed E-state index contributed by atoms with van der Waals surface area (Å²) < 4.78 is 0. The van der Waals surface area contributed by atoms with E-state index in [-0.39, 0.29) is 0 Å². The molecule has 1 aromatic heterocycles. The molecule has 0 aromatic carbocycles. The van der Waals surface area contributed by atoms with Crippen molar-refractivity contribution in [3.05, 3.63) is 16.1 Å². The summed E-state index contributed by atoms with van der Waals surface area (Å²) in [6.45, 7) is 9.18. The van der Waals surface area contributed by atoms with Crippen LogP contribution in [0.5, 0.6) is 0 Å². The molecule has 3 nitrogen and oxygen atoms in total. The van der Waals surface area contributed by atoms with Crippen LogP contribution in [0.1, 0.15) is 31.0 Å². The van der Waals surface area contributed by atoms with Crippen molar-refractivity contribution in [2.45, 2.75) is 32.6 Å². The normalized spacial score (nSPS) is 12.0. The molecule has 0 radical (unpaired) electrons. The molecule has 0 atom stereocenters. The summed E-state index contributed by atoms with van der Waals surface area (Å²) in [6.07, 6.45) is 2.24. The van der Waals surface area contributed by atoms with E-state index in [1.165, 1.54) is 18.0 Å². The quantitative estimate of drug-likeness (QED) is 0.617. The second-order valence-corrected chi connectivity index (χ2v) is 7.18. The van der Waals surface area contributed by atoms with Gasteiger partial charge in [0, 0.05) is 31.4 Å². The summed E-state index contributed by atoms with van der Waals surface area (Å²) >= 11 is 7.52. The Morgan fingerprint density at radius 3 is 2.55 bits per heavy atom. The average molecular weight is 318 g/mol. The van der Waals surface area contributed by atoms with Crippen LogP contribution in [0.4, 0.5) is 0 Å². The van der Waals surface area contributed by atoms with Crippen LogP contribution in [0.15, 0.2) is 5.38 Å². The van der Waals surface area contributed by atoms with Crippen LogP contribution in [0.2, 0.25) is 0 Å². The number of aryl methyl sites for hydroxylation is 1. The lowest BCUT2D eigenvalue weighted by Gasteiger charge is -2.25. The third-order valence-corrected chi connectivity index (χ3v) is 4.32. The number of alkyl halides is 1. The number of hydrogen-bond acceptors (Lipinski definition) is 4. The van der Waals surface area contributed by atoms with Crippen molar-refractivity contribution >= 4 is 22.9 Å². The third kappa shape index (κ3) is 7.58. The highest BCUT2D eigenvalue weighted by Crippen LogP contribution is 2.13. The minimum Gasteiger partial charge on any atom is -0.308 e. The lowest BCUT2D eigenvalue weighted by molar-refractivity contribution is 0.217. The van der Waals surface area contributed by atoms with Gasteiger partial charge in [-0.3, -0.25) is 0 Å². The van der Waals surface area contributed by atoms with Gasteiger partial charge in [0.1, 0.15) is 0 Å². The van der Waals surface area contributed by atoms with Gasteiger partial charge in [-0.1, -0.05) is 13.8 Å². The van der Waals surface area contributed by atoms with E-state index in [0.717, 1.165) is 37.7 Å². The number of hydrogen-bond donors (Lipinski definition) is 0. The largest absolute Gasteiger partial charge is 0.308 e. The summed E-state index contributed by atoms with van der Waals surface area (Å²) in [5.74, 6) is 1.25. The summed E-state index contributed by atoms with van der Waals surface area (Å²) in [5, 5.41) is 3.29. The first-order valence-corrected chi connectivity index (χ1v) is 8.79. The highest BCUT2D eigenvalue weighted by molar-refractivity contribution is 7.09. The zero-order valence-corrected chi connectivity index (χ0v) is 14.8. The van der Waals surface area contributed by atoms with E-state index >= 15 is 0 Å². The molecule has 0 N–H and O–H groups in total. The van der Waals surface area contributed by atoms with Gasteiger partial charge in [0.25, 0.3) is 0 Å². The highest BCUT2D eigenvalue weighted by Gasteiger charge is 2.08. The highest BCUT2D eigenvalue weighted by atomic mass is 35.5. The Morgan fingerprint density at radius 1 is 1.25 bits per heavy atom. The maximum Gasteiger partial charge on any atom is 0.0929 e. The molecule has 0 saturated heterocycles. The molecule has 1 heterocycles. The number of aromatic nitrogens is 1. The Hall–Kier alpha value is -0.160. The number of thiazole rings is 1. The molecule has 20 heavy (non-hydrogen) atoms. The van der Waals surface area contributed by atoms with Gasteiger partial charge in [0.2, 0.25) is 0 Å². The molecule has 116 valence electrons. The fourth-order valence-corrected chi connectivity index (χ4v) is 3.20. The minimum absolute atomic E-state index is 0.527. The first-order chi connectivity index (χ1) is 9.51. The SMILES string of the molecule is CC(C)CN(CCCc1nc(CCl)cs1)CCN(C)C. The van der Waals surface area contributed by atoms with Gasteiger partial charge in [-0.25, -0.2) is 4.98 Å². The van der Waals surface area contributed by atoms with Gasteiger partial charge >= 0.3 is 0 Å². The van der Waals surface area contributed by atoms with E-state index in [1.54, 1.807) is 11.3 Å². The molecule has 0 amide bonds. The predicted octanol–water partition coefficient (Wildman–Crippen LogP) is 3.33. The smallest absolute Gasteiger partial charge is 0.0929 e. The molecule has 0 bridgehead atoms. The average Bonchev–Trinajstić information content (AvgIpc) is 2.83. The Kier molecular flexibility index (Phi) is 8.69. The van der Waals surface area contributed by atoms with E-state index in [2.05, 4.69) is 48.1 Å². The zero-order chi connectivity index (χ0) is 15.0. The Balaban J connectivity index is 2.32. The van der Waals surface area contributed by atoms with Gasteiger partial charge in [-0.2, -0.15) is 0 Å². The lowest BCUT2D eigenvalue weighted by atomic mass is 10.2. The maximum absolute atomic E-state index is 5.78. The first-order valence-electron chi connectivity index (χ1n) is 7.37. The zero-order valence-electron chi connectivity index (χ0n) is 13.2. The molecule has 0 fully saturated rings. The monoisotopic (exact) mass is 317 g/mol. The van der Waals surface area contributed by atoms with Crippen molar-refractivity contribution < 1.29 is 0 Å². The second-order valence-electron chi connectivity index (χ2n) is 5.97. The standard InChI is InChI=1S/C15H28ClN3S/c1-13(2)11-19(9-8-18(3)4)7-5-6-15-17-14(10-16)12-20-15/h12-13H,5-11H2,1-4H3. The van der Waals surface area contributed by atoms with Crippen molar-refractivity contribution in [3.8, 4) is 0 Å². The molecule has 0 aliphatic carbocycles. The summed E-state index contributed by atoms with van der Waals surface area (Å²) in [5.41, 5.74) is 1.01. The van der Waals surface area contributed by atoms with Gasteiger partial charge in [-0.05, 0) is 33.0 Å². The van der Waals surface area contributed by atoms with Gasteiger partial charge in [-0.15, -0.1) is 22.9 Å². The third-order valence-electron chi connectivity index (χ3n) is 3.09. The van der Waals surface area contributed by atoms with Crippen molar-refractivity contribution in [1.29, 1.82) is 0 Å². The molecule has 0 aliphatic rings. The topological polar surface area (TPSA) is 19.4 Å². The number of halogens is 1. The Morgan fingerprint density at radius 2 is 2.00 bits per heavy atom. The number of nitrogens with zero attached hydrogens (tertiary/aromatic N) is 3. The van der Waals surface area contributed by atoms with Crippen LogP contribution in [-0.2, 0) is 12.3 Å². The van der Waals surface area contributed by atoms with Crippen molar-refractivity contribution in [3.63, 3.8) is 0 Å². The van der Waals surface area contributed by atoms with Crippen LogP contribution in [0, 0.1) is 5.92 Å². The Bertz CT molecular complexity index is 366. The summed E-state index contributed by atoms with van der Waals surface area (Å²) in [7, 11) is 4.27. The van der Waals surface area contributed by atoms with Crippen molar-refractivity contribution in [2.75, 3.05) is 40.3 Å².